The summed E-state index contributed by atoms with van der Waals surface area (Å²) in [4.78, 5) is 40.8. The molecule has 0 aliphatic carbocycles. The minimum atomic E-state index is -1.74. The molecule has 0 bridgehead atoms. The number of carbonyl (C=O) groups is 3. The third-order valence-electron chi connectivity index (χ3n) is 7.90. The number of hydrogen-bond acceptors (Lipinski definition) is 4. The van der Waals surface area contributed by atoms with Gasteiger partial charge in [-0.3, -0.25) is 14.4 Å². The van der Waals surface area contributed by atoms with Crippen molar-refractivity contribution < 1.29 is 31.9 Å². The Morgan fingerprint density at radius 3 is 1.83 bits per heavy atom. The maximum Gasteiger partial charge on any atom is 0.272 e. The van der Waals surface area contributed by atoms with Gasteiger partial charge in [-0.15, -0.1) is 11.8 Å². The number of halogens is 4. The van der Waals surface area contributed by atoms with E-state index in [2.05, 4.69) is 10.6 Å². The van der Waals surface area contributed by atoms with Crippen LogP contribution < -0.4 is 16.0 Å². The van der Waals surface area contributed by atoms with Gasteiger partial charge < -0.3 is 16.0 Å². The molecule has 0 fully saturated rings. The van der Waals surface area contributed by atoms with Crippen LogP contribution in [0.2, 0.25) is 0 Å². The van der Waals surface area contributed by atoms with Crippen molar-refractivity contribution in [3.8, 4) is 11.1 Å². The van der Waals surface area contributed by atoms with Gasteiger partial charge in [0.05, 0.1) is 0 Å². The van der Waals surface area contributed by atoms with Crippen molar-refractivity contribution in [3.05, 3.63) is 191 Å². The van der Waals surface area contributed by atoms with Crippen LogP contribution in [0.3, 0.4) is 0 Å². The normalized spacial score (nSPS) is 11.7. The maximum atomic E-state index is 14.5. The summed E-state index contributed by atoms with van der Waals surface area (Å²) in [5, 5.41) is 6.35. The first kappa shape index (κ1) is 36.3. The van der Waals surface area contributed by atoms with Crippen molar-refractivity contribution in [1.82, 2.24) is 5.32 Å². The van der Waals surface area contributed by atoms with Crippen molar-refractivity contribution in [2.75, 3.05) is 10.6 Å². The van der Waals surface area contributed by atoms with Crippen LogP contribution in [0, 0.1) is 23.3 Å². The number of thioether (sulfide) groups is 1. The lowest BCUT2D eigenvalue weighted by Gasteiger charge is -2.18. The zero-order valence-corrected chi connectivity index (χ0v) is 28.5. The highest BCUT2D eigenvalue weighted by atomic mass is 32.2. The minimum Gasteiger partial charge on any atom is -0.321 e. The largest absolute Gasteiger partial charge is 0.321 e. The molecule has 1 unspecified atom stereocenters. The van der Waals surface area contributed by atoms with E-state index < -0.39 is 51.9 Å². The number of anilines is 2. The van der Waals surface area contributed by atoms with E-state index in [1.165, 1.54) is 0 Å². The molecule has 0 aromatic heterocycles. The Balaban J connectivity index is 1.25. The van der Waals surface area contributed by atoms with E-state index in [9.17, 15) is 31.9 Å². The molecule has 0 heterocycles. The topological polar surface area (TPSA) is 87.3 Å². The second-order valence-corrected chi connectivity index (χ2v) is 12.8. The molecule has 6 rings (SSSR count). The van der Waals surface area contributed by atoms with Crippen molar-refractivity contribution in [2.45, 2.75) is 10.1 Å². The van der Waals surface area contributed by atoms with Crippen molar-refractivity contribution in [1.29, 1.82) is 0 Å². The van der Waals surface area contributed by atoms with Crippen LogP contribution in [0.1, 0.15) is 26.7 Å². The number of carbonyl (C=O) groups excluding carboxylic acids is 3. The standard InChI is InChI=1S/C42H29F4N3O3S/c43-33-25-34(44)37(46)38(36(33)45)49-42(52)39(29-13-6-2-7-14-29)53-32-18-10-17-31(24-32)47-41(51)35(48-40(50)30-15-8-3-9-16-30)23-26-19-21-28(22-20-26)27-11-4-1-5-12-27/h1-25,39H,(H,47,51)(H,48,50)(H,49,52)/b35-23+. The van der Waals surface area contributed by atoms with Crippen LogP contribution >= 0.6 is 11.8 Å². The van der Waals surface area contributed by atoms with Gasteiger partial charge in [0.2, 0.25) is 5.91 Å². The number of nitrogens with one attached hydrogen (secondary N) is 3. The molecular weight excluding hydrogens is 703 g/mol. The second-order valence-electron chi connectivity index (χ2n) is 11.6. The van der Waals surface area contributed by atoms with Crippen molar-refractivity contribution >= 4 is 46.9 Å². The lowest BCUT2D eigenvalue weighted by Crippen LogP contribution is -2.30. The van der Waals surface area contributed by atoms with E-state index >= 15 is 0 Å². The Bertz CT molecular complexity index is 2260. The summed E-state index contributed by atoms with van der Waals surface area (Å²) in [5.41, 5.74) is 2.41. The summed E-state index contributed by atoms with van der Waals surface area (Å²) in [5.74, 6) is -8.90. The van der Waals surface area contributed by atoms with Crippen LogP contribution in [0.5, 0.6) is 0 Å². The van der Waals surface area contributed by atoms with Gasteiger partial charge in [0.15, 0.2) is 23.3 Å². The zero-order chi connectivity index (χ0) is 37.3. The molecule has 264 valence electrons. The van der Waals surface area contributed by atoms with Crippen LogP contribution in [0.4, 0.5) is 28.9 Å². The summed E-state index contributed by atoms with van der Waals surface area (Å²) < 4.78 is 56.7. The van der Waals surface area contributed by atoms with E-state index in [-0.39, 0.29) is 11.8 Å². The van der Waals surface area contributed by atoms with Gasteiger partial charge in [-0.25, -0.2) is 17.6 Å². The molecule has 6 nitrogen and oxygen atoms in total. The molecule has 0 aliphatic rings. The highest BCUT2D eigenvalue weighted by Gasteiger charge is 2.27. The molecule has 6 aromatic carbocycles. The van der Waals surface area contributed by atoms with E-state index in [1.54, 1.807) is 91.0 Å². The second kappa shape index (κ2) is 16.7. The summed E-state index contributed by atoms with van der Waals surface area (Å²) in [7, 11) is 0. The van der Waals surface area contributed by atoms with Gasteiger partial charge in [-0.2, -0.15) is 0 Å². The smallest absolute Gasteiger partial charge is 0.272 e. The third-order valence-corrected chi connectivity index (χ3v) is 9.15. The predicted molar refractivity (Wildman–Crippen MR) is 199 cm³/mol. The van der Waals surface area contributed by atoms with Crippen molar-refractivity contribution in [2.24, 2.45) is 0 Å². The molecule has 6 aromatic rings. The van der Waals surface area contributed by atoms with Gasteiger partial charge in [0.25, 0.3) is 11.8 Å². The Kier molecular flexibility index (Phi) is 11.5. The van der Waals surface area contributed by atoms with Gasteiger partial charge in [-0.05, 0) is 58.7 Å². The van der Waals surface area contributed by atoms with E-state index in [0.29, 0.717) is 27.3 Å². The van der Waals surface area contributed by atoms with Crippen molar-refractivity contribution in [3.63, 3.8) is 0 Å². The molecular formula is C42H29F4N3O3S. The predicted octanol–water partition coefficient (Wildman–Crippen LogP) is 9.79. The molecule has 0 aliphatic heterocycles. The average molecular weight is 732 g/mol. The van der Waals surface area contributed by atoms with Gasteiger partial charge in [-0.1, -0.05) is 109 Å². The fourth-order valence-corrected chi connectivity index (χ4v) is 6.35. The Hall–Kier alpha value is -6.46. The monoisotopic (exact) mass is 731 g/mol. The lowest BCUT2D eigenvalue weighted by atomic mass is 10.0. The first-order chi connectivity index (χ1) is 25.7. The van der Waals surface area contributed by atoms with Gasteiger partial charge in [0.1, 0.15) is 16.6 Å². The highest BCUT2D eigenvalue weighted by molar-refractivity contribution is 8.00. The molecule has 0 spiro atoms. The molecule has 0 saturated heterocycles. The summed E-state index contributed by atoms with van der Waals surface area (Å²) >= 11 is 0.969. The fraction of sp³-hybridized carbons (Fsp3) is 0.0238. The SMILES string of the molecule is O=C(Nc1cccc(SC(C(=O)Nc2c(F)c(F)cc(F)c2F)c2ccccc2)c1)/C(=C\c1ccc(-c2ccccc2)cc1)NC(=O)c1ccccc1. The average Bonchev–Trinajstić information content (AvgIpc) is 3.19. The summed E-state index contributed by atoms with van der Waals surface area (Å²) in [6, 6.07) is 40.4. The van der Waals surface area contributed by atoms with Crippen LogP contribution in [-0.2, 0) is 9.59 Å². The highest BCUT2D eigenvalue weighted by Crippen LogP contribution is 2.38. The van der Waals surface area contributed by atoms with E-state index in [1.807, 2.05) is 59.9 Å². The molecule has 0 radical (unpaired) electrons. The van der Waals surface area contributed by atoms with Gasteiger partial charge >= 0.3 is 0 Å². The molecule has 53 heavy (non-hydrogen) atoms. The number of benzene rings is 6. The minimum absolute atomic E-state index is 0.0442. The summed E-state index contributed by atoms with van der Waals surface area (Å²) in [6.45, 7) is 0. The Labute approximate surface area is 306 Å². The summed E-state index contributed by atoms with van der Waals surface area (Å²) in [6.07, 6.45) is 1.55. The van der Waals surface area contributed by atoms with Crippen LogP contribution in [-0.4, -0.2) is 17.7 Å². The molecule has 1 atom stereocenters. The molecule has 0 saturated carbocycles. The van der Waals surface area contributed by atoms with Gasteiger partial charge in [0, 0.05) is 22.2 Å². The zero-order valence-electron chi connectivity index (χ0n) is 27.7. The first-order valence-corrected chi connectivity index (χ1v) is 17.0. The molecule has 3 N–H and O–H groups in total. The lowest BCUT2D eigenvalue weighted by molar-refractivity contribution is -0.116. The van der Waals surface area contributed by atoms with E-state index in [4.69, 9.17) is 0 Å². The fourth-order valence-electron chi connectivity index (χ4n) is 5.27. The number of rotatable bonds is 11. The van der Waals surface area contributed by atoms with Crippen LogP contribution in [0.25, 0.3) is 17.2 Å². The van der Waals surface area contributed by atoms with Crippen LogP contribution in [0.15, 0.2) is 156 Å². The number of amides is 3. The Morgan fingerprint density at radius 2 is 1.19 bits per heavy atom. The Morgan fingerprint density at radius 1 is 0.604 bits per heavy atom. The quantitative estimate of drug-likeness (QED) is 0.0536. The maximum absolute atomic E-state index is 14.5. The first-order valence-electron chi connectivity index (χ1n) is 16.2. The van der Waals surface area contributed by atoms with E-state index in [0.717, 1.165) is 22.9 Å². The third kappa shape index (κ3) is 9.07. The molecule has 3 amide bonds. The number of hydrogen-bond donors (Lipinski definition) is 3. The molecule has 11 heteroatoms.